The monoisotopic (exact) mass is 257 g/mol. The molecule has 0 unspecified atom stereocenters. The predicted molar refractivity (Wildman–Crippen MR) is 70.6 cm³/mol. The number of anilines is 1. The molecule has 98 valence electrons. The summed E-state index contributed by atoms with van der Waals surface area (Å²) in [5, 5.41) is 8.99. The summed E-state index contributed by atoms with van der Waals surface area (Å²) in [7, 11) is 0. The molecule has 0 spiro atoms. The fraction of sp³-hybridized carbons (Fsp3) is 0.267. The molecule has 4 heteroatoms. The Morgan fingerprint density at radius 2 is 1.89 bits per heavy atom. The number of fused-ring (bicyclic) bond motifs is 1. The van der Waals surface area contributed by atoms with Gasteiger partial charge in [0.1, 0.15) is 18.1 Å². The lowest BCUT2D eigenvalue weighted by molar-refractivity contribution is -0.119. The van der Waals surface area contributed by atoms with Gasteiger partial charge in [-0.1, -0.05) is 18.2 Å². The Morgan fingerprint density at radius 1 is 1.11 bits per heavy atom. The van der Waals surface area contributed by atoms with Crippen LogP contribution in [0.2, 0.25) is 0 Å². The molecule has 0 fully saturated rings. The van der Waals surface area contributed by atoms with Crippen LogP contribution in [-0.4, -0.2) is 11.0 Å². The maximum atomic E-state index is 12.1. The molecule has 0 aliphatic carbocycles. The SMILES string of the molecule is O=C1CCc2ccccc2N1Cc1ccc(CO)o1. The lowest BCUT2D eigenvalue weighted by Gasteiger charge is -2.28. The molecular formula is C15H15NO3. The highest BCUT2D eigenvalue weighted by Crippen LogP contribution is 2.29. The average Bonchev–Trinajstić information content (AvgIpc) is 2.90. The van der Waals surface area contributed by atoms with E-state index in [0.29, 0.717) is 24.5 Å². The van der Waals surface area contributed by atoms with Crippen LogP contribution in [0.4, 0.5) is 5.69 Å². The van der Waals surface area contributed by atoms with E-state index in [-0.39, 0.29) is 12.5 Å². The van der Waals surface area contributed by atoms with Crippen molar-refractivity contribution in [1.29, 1.82) is 0 Å². The lowest BCUT2D eigenvalue weighted by Crippen LogP contribution is -2.34. The number of para-hydroxylation sites is 1. The quantitative estimate of drug-likeness (QED) is 0.917. The van der Waals surface area contributed by atoms with Gasteiger partial charge in [0.2, 0.25) is 5.91 Å². The maximum Gasteiger partial charge on any atom is 0.227 e. The van der Waals surface area contributed by atoms with Crippen molar-refractivity contribution < 1.29 is 14.3 Å². The predicted octanol–water partition coefficient (Wildman–Crippen LogP) is 2.25. The number of carbonyl (C=O) groups excluding carboxylic acids is 1. The van der Waals surface area contributed by atoms with Gasteiger partial charge in [-0.15, -0.1) is 0 Å². The third kappa shape index (κ3) is 2.27. The fourth-order valence-corrected chi connectivity index (χ4v) is 2.42. The van der Waals surface area contributed by atoms with Crippen LogP contribution in [0.1, 0.15) is 23.5 Å². The van der Waals surface area contributed by atoms with Gasteiger partial charge in [0.05, 0.1) is 6.54 Å². The van der Waals surface area contributed by atoms with Crippen molar-refractivity contribution >= 4 is 11.6 Å². The maximum absolute atomic E-state index is 12.1. The smallest absolute Gasteiger partial charge is 0.227 e. The van der Waals surface area contributed by atoms with Gasteiger partial charge < -0.3 is 14.4 Å². The van der Waals surface area contributed by atoms with Crippen molar-refractivity contribution in [2.45, 2.75) is 26.0 Å². The molecule has 0 atom stereocenters. The summed E-state index contributed by atoms with van der Waals surface area (Å²) in [6.07, 6.45) is 1.33. The number of furan rings is 1. The van der Waals surface area contributed by atoms with Crippen LogP contribution in [0.15, 0.2) is 40.8 Å². The van der Waals surface area contributed by atoms with Crippen molar-refractivity contribution in [3.63, 3.8) is 0 Å². The van der Waals surface area contributed by atoms with E-state index < -0.39 is 0 Å². The second-order valence-corrected chi connectivity index (χ2v) is 4.63. The number of aliphatic hydroxyl groups is 1. The van der Waals surface area contributed by atoms with Gasteiger partial charge in [-0.2, -0.15) is 0 Å². The van der Waals surface area contributed by atoms with E-state index >= 15 is 0 Å². The fourth-order valence-electron chi connectivity index (χ4n) is 2.42. The Bertz CT molecular complexity index is 603. The van der Waals surface area contributed by atoms with Gasteiger partial charge >= 0.3 is 0 Å². The van der Waals surface area contributed by atoms with Crippen LogP contribution in [0.25, 0.3) is 0 Å². The lowest BCUT2D eigenvalue weighted by atomic mass is 10.0. The highest BCUT2D eigenvalue weighted by molar-refractivity contribution is 5.96. The van der Waals surface area contributed by atoms with E-state index in [1.807, 2.05) is 18.2 Å². The molecule has 1 N–H and O–H groups in total. The molecule has 1 amide bonds. The number of hydrogen-bond acceptors (Lipinski definition) is 3. The minimum absolute atomic E-state index is 0.112. The van der Waals surface area contributed by atoms with Crippen LogP contribution < -0.4 is 4.90 Å². The van der Waals surface area contributed by atoms with Crippen LogP contribution in [-0.2, 0) is 24.4 Å². The van der Waals surface area contributed by atoms with Crippen molar-refractivity contribution in [2.75, 3.05) is 4.90 Å². The Balaban J connectivity index is 1.89. The molecule has 1 aliphatic heterocycles. The molecule has 1 aromatic heterocycles. The minimum atomic E-state index is -0.121. The zero-order chi connectivity index (χ0) is 13.2. The third-order valence-corrected chi connectivity index (χ3v) is 3.38. The van der Waals surface area contributed by atoms with Crippen molar-refractivity contribution in [2.24, 2.45) is 0 Å². The van der Waals surface area contributed by atoms with Crippen LogP contribution in [0, 0.1) is 0 Å². The molecule has 0 saturated heterocycles. The molecule has 0 radical (unpaired) electrons. The highest BCUT2D eigenvalue weighted by Gasteiger charge is 2.24. The van der Waals surface area contributed by atoms with E-state index in [0.717, 1.165) is 12.1 Å². The minimum Gasteiger partial charge on any atom is -0.462 e. The molecule has 1 aliphatic rings. The van der Waals surface area contributed by atoms with Crippen molar-refractivity contribution in [3.05, 3.63) is 53.5 Å². The first-order valence-electron chi connectivity index (χ1n) is 6.34. The van der Waals surface area contributed by atoms with E-state index in [1.54, 1.807) is 17.0 Å². The molecule has 1 aromatic carbocycles. The van der Waals surface area contributed by atoms with Gasteiger partial charge in [-0.3, -0.25) is 4.79 Å². The number of aliphatic hydroxyl groups excluding tert-OH is 1. The first-order valence-corrected chi connectivity index (χ1v) is 6.34. The normalized spacial score (nSPS) is 14.6. The summed E-state index contributed by atoms with van der Waals surface area (Å²) in [6, 6.07) is 11.5. The van der Waals surface area contributed by atoms with Gasteiger partial charge in [0, 0.05) is 12.1 Å². The van der Waals surface area contributed by atoms with Crippen LogP contribution in [0.3, 0.4) is 0 Å². The summed E-state index contributed by atoms with van der Waals surface area (Å²) in [4.78, 5) is 13.8. The van der Waals surface area contributed by atoms with E-state index in [4.69, 9.17) is 9.52 Å². The molecule has 19 heavy (non-hydrogen) atoms. The summed E-state index contributed by atoms with van der Waals surface area (Å²) >= 11 is 0. The first-order chi connectivity index (χ1) is 9.28. The van der Waals surface area contributed by atoms with Crippen molar-refractivity contribution in [3.8, 4) is 0 Å². The number of nitrogens with zero attached hydrogens (tertiary/aromatic N) is 1. The number of benzene rings is 1. The van der Waals surface area contributed by atoms with Crippen molar-refractivity contribution in [1.82, 2.24) is 0 Å². The van der Waals surface area contributed by atoms with Gasteiger partial charge in [-0.25, -0.2) is 0 Å². The summed E-state index contributed by atoms with van der Waals surface area (Å²) in [5.74, 6) is 1.32. The number of amides is 1. The Labute approximate surface area is 111 Å². The molecule has 2 heterocycles. The third-order valence-electron chi connectivity index (χ3n) is 3.38. The first kappa shape index (κ1) is 12.0. The molecule has 2 aromatic rings. The Kier molecular flexibility index (Phi) is 3.09. The van der Waals surface area contributed by atoms with E-state index in [2.05, 4.69) is 6.07 Å². The average molecular weight is 257 g/mol. The van der Waals surface area contributed by atoms with Crippen LogP contribution >= 0.6 is 0 Å². The molecule has 0 saturated carbocycles. The largest absolute Gasteiger partial charge is 0.462 e. The molecule has 0 bridgehead atoms. The Morgan fingerprint density at radius 3 is 2.68 bits per heavy atom. The number of aryl methyl sites for hydroxylation is 1. The zero-order valence-corrected chi connectivity index (χ0v) is 10.5. The summed E-state index contributed by atoms with van der Waals surface area (Å²) < 4.78 is 5.46. The number of hydrogen-bond donors (Lipinski definition) is 1. The molecule has 4 nitrogen and oxygen atoms in total. The summed E-state index contributed by atoms with van der Waals surface area (Å²) in [6.45, 7) is 0.292. The number of carbonyl (C=O) groups is 1. The van der Waals surface area contributed by atoms with Gasteiger partial charge in [-0.05, 0) is 30.2 Å². The second kappa shape index (κ2) is 4.90. The van der Waals surface area contributed by atoms with Crippen LogP contribution in [0.5, 0.6) is 0 Å². The Hall–Kier alpha value is -2.07. The highest BCUT2D eigenvalue weighted by atomic mass is 16.4. The summed E-state index contributed by atoms with van der Waals surface area (Å²) in [5.41, 5.74) is 2.15. The van der Waals surface area contributed by atoms with E-state index in [1.165, 1.54) is 5.56 Å². The van der Waals surface area contributed by atoms with Gasteiger partial charge in [0.15, 0.2) is 0 Å². The zero-order valence-electron chi connectivity index (χ0n) is 10.5. The standard InChI is InChI=1S/C15H15NO3/c17-10-13-7-6-12(19-13)9-16-14-4-2-1-3-11(14)5-8-15(16)18/h1-4,6-7,17H,5,8-10H2. The van der Waals surface area contributed by atoms with E-state index in [9.17, 15) is 4.79 Å². The topological polar surface area (TPSA) is 53.7 Å². The number of rotatable bonds is 3. The second-order valence-electron chi connectivity index (χ2n) is 4.63. The molecule has 3 rings (SSSR count). The molecular weight excluding hydrogens is 242 g/mol. The van der Waals surface area contributed by atoms with Gasteiger partial charge in [0.25, 0.3) is 0 Å².